The number of carbonyl (C=O) groups is 2. The molecule has 0 aliphatic carbocycles. The van der Waals surface area contributed by atoms with Gasteiger partial charge in [0.15, 0.2) is 0 Å². The van der Waals surface area contributed by atoms with Crippen LogP contribution in [-0.2, 0) is 15.3 Å². The Morgan fingerprint density at radius 1 is 1.42 bits per heavy atom. The summed E-state index contributed by atoms with van der Waals surface area (Å²) in [6, 6.07) is 6.11. The van der Waals surface area contributed by atoms with E-state index in [1.165, 1.54) is 32.5 Å². The van der Waals surface area contributed by atoms with Gasteiger partial charge in [0.1, 0.15) is 10.4 Å². The standard InChI is InChI=1S/C17H10N2O3S3.Na/c20-15-11(16-19(15)12(7-24-16)17(21)22)5-9-4-8-6-23-14-10(13(8)25-9)2-1-3-18-14;/h1-5,7,16H,6H2,(H,21,22);/q;+1/p-1/b11-5-;/t16-;/m1./s1. The minimum absolute atomic E-state index is 0. The summed E-state index contributed by atoms with van der Waals surface area (Å²) in [6.07, 6.45) is 3.68. The maximum absolute atomic E-state index is 12.3. The molecule has 5 nitrogen and oxygen atoms in total. The molecule has 2 aromatic heterocycles. The fourth-order valence-electron chi connectivity index (χ4n) is 3.09. The van der Waals surface area contributed by atoms with Crippen molar-refractivity contribution in [1.29, 1.82) is 0 Å². The fraction of sp³-hybridized carbons (Fsp3) is 0.118. The van der Waals surface area contributed by atoms with Crippen LogP contribution in [0, 0.1) is 0 Å². The molecule has 0 unspecified atom stereocenters. The zero-order valence-electron chi connectivity index (χ0n) is 13.6. The Morgan fingerprint density at radius 3 is 3.08 bits per heavy atom. The Hall–Kier alpha value is -1.03. The second-order valence-electron chi connectivity index (χ2n) is 5.70. The Morgan fingerprint density at radius 2 is 2.27 bits per heavy atom. The summed E-state index contributed by atoms with van der Waals surface area (Å²) in [6.45, 7) is 0. The van der Waals surface area contributed by atoms with E-state index in [1.807, 2.05) is 12.1 Å². The normalized spacial score (nSPS) is 21.3. The van der Waals surface area contributed by atoms with Gasteiger partial charge in [0, 0.05) is 27.3 Å². The van der Waals surface area contributed by atoms with Crippen molar-refractivity contribution < 1.29 is 44.3 Å². The van der Waals surface area contributed by atoms with E-state index in [4.69, 9.17) is 0 Å². The van der Waals surface area contributed by atoms with E-state index in [0.29, 0.717) is 5.57 Å². The van der Waals surface area contributed by atoms with Crippen LogP contribution in [-0.4, -0.2) is 27.1 Å². The summed E-state index contributed by atoms with van der Waals surface area (Å²) in [5, 5.41) is 13.3. The minimum atomic E-state index is -1.31. The number of nitrogens with zero attached hydrogens (tertiary/aromatic N) is 2. The molecule has 9 heteroatoms. The Kier molecular flexibility index (Phi) is 4.83. The molecule has 1 fully saturated rings. The van der Waals surface area contributed by atoms with Gasteiger partial charge in [-0.15, -0.1) is 34.9 Å². The molecule has 0 bridgehead atoms. The SMILES string of the molecule is O=C([O-])C1=CS[C@@H]2/C(=C\c3cc4c(s3)-c3cccnc3SC4)C(=O)N12.[Na+]. The number of hydrogen-bond donors (Lipinski definition) is 0. The van der Waals surface area contributed by atoms with Crippen molar-refractivity contribution in [2.24, 2.45) is 0 Å². The van der Waals surface area contributed by atoms with E-state index in [2.05, 4.69) is 17.1 Å². The van der Waals surface area contributed by atoms with Crippen molar-refractivity contribution in [2.75, 3.05) is 0 Å². The van der Waals surface area contributed by atoms with Crippen molar-refractivity contribution in [2.45, 2.75) is 16.2 Å². The molecule has 124 valence electrons. The van der Waals surface area contributed by atoms with Crippen LogP contribution in [0.15, 0.2) is 46.1 Å². The molecule has 1 atom stereocenters. The second kappa shape index (κ2) is 6.85. The van der Waals surface area contributed by atoms with Gasteiger partial charge in [-0.1, -0.05) is 0 Å². The average Bonchev–Trinajstić information content (AvgIpc) is 3.21. The van der Waals surface area contributed by atoms with Crippen LogP contribution in [0.4, 0.5) is 0 Å². The quantitative estimate of drug-likeness (QED) is 0.372. The molecule has 0 spiro atoms. The number of carboxylic acid groups (broad SMARTS) is 1. The van der Waals surface area contributed by atoms with E-state index in [9.17, 15) is 14.7 Å². The van der Waals surface area contributed by atoms with Crippen LogP contribution in [0.1, 0.15) is 10.4 Å². The number of thioether (sulfide) groups is 2. The first kappa shape index (κ1) is 18.3. The van der Waals surface area contributed by atoms with Gasteiger partial charge >= 0.3 is 29.6 Å². The Labute approximate surface area is 183 Å². The number of aromatic nitrogens is 1. The molecule has 3 aliphatic rings. The van der Waals surface area contributed by atoms with Crippen molar-refractivity contribution in [3.63, 3.8) is 0 Å². The predicted octanol–water partition coefficient (Wildman–Crippen LogP) is -0.690. The zero-order chi connectivity index (χ0) is 17.1. The first-order valence-electron chi connectivity index (χ1n) is 7.46. The number of carbonyl (C=O) groups excluding carboxylic acids is 2. The first-order valence-corrected chi connectivity index (χ1v) is 10.2. The molecule has 3 aliphatic heterocycles. The smallest absolute Gasteiger partial charge is 0.543 e. The Bertz CT molecular complexity index is 1010. The van der Waals surface area contributed by atoms with E-state index in [0.717, 1.165) is 21.2 Å². The molecule has 26 heavy (non-hydrogen) atoms. The van der Waals surface area contributed by atoms with Crippen molar-refractivity contribution in [3.05, 3.63) is 51.5 Å². The number of hydrogen-bond acceptors (Lipinski definition) is 7. The first-order chi connectivity index (χ1) is 12.1. The molecule has 0 N–H and O–H groups in total. The molecule has 0 radical (unpaired) electrons. The number of pyridine rings is 1. The van der Waals surface area contributed by atoms with Gasteiger partial charge in [0.05, 0.1) is 17.2 Å². The molecular weight excluding hydrogens is 399 g/mol. The van der Waals surface area contributed by atoms with Crippen LogP contribution < -0.4 is 34.7 Å². The Balaban J connectivity index is 0.00000168. The van der Waals surface area contributed by atoms with Crippen LogP contribution in [0.5, 0.6) is 0 Å². The van der Waals surface area contributed by atoms with Gasteiger partial charge in [-0.25, -0.2) is 4.98 Å². The predicted molar refractivity (Wildman–Crippen MR) is 96.4 cm³/mol. The molecule has 2 aromatic rings. The molecule has 5 rings (SSSR count). The summed E-state index contributed by atoms with van der Waals surface area (Å²) in [5.74, 6) is -0.698. The zero-order valence-corrected chi connectivity index (χ0v) is 18.0. The van der Waals surface area contributed by atoms with Crippen LogP contribution in [0.3, 0.4) is 0 Å². The topological polar surface area (TPSA) is 73.3 Å². The summed E-state index contributed by atoms with van der Waals surface area (Å²) in [4.78, 5) is 31.3. The van der Waals surface area contributed by atoms with E-state index in [-0.39, 0.29) is 46.5 Å². The number of fused-ring (bicyclic) bond motifs is 4. The van der Waals surface area contributed by atoms with Gasteiger partial charge in [-0.05, 0) is 35.2 Å². The van der Waals surface area contributed by atoms with Gasteiger partial charge in [-0.3, -0.25) is 9.69 Å². The maximum atomic E-state index is 12.3. The van der Waals surface area contributed by atoms with Gasteiger partial charge < -0.3 is 9.90 Å². The summed E-state index contributed by atoms with van der Waals surface area (Å²) < 4.78 is 0. The monoisotopic (exact) mass is 408 g/mol. The van der Waals surface area contributed by atoms with Crippen LogP contribution >= 0.6 is 34.9 Å². The molecule has 1 amide bonds. The summed E-state index contributed by atoms with van der Waals surface area (Å²) in [7, 11) is 0. The fourth-order valence-corrected chi connectivity index (χ4v) is 6.50. The molecule has 0 aromatic carbocycles. The van der Waals surface area contributed by atoms with Crippen LogP contribution in [0.2, 0.25) is 0 Å². The van der Waals surface area contributed by atoms with E-state index >= 15 is 0 Å². The third-order valence-corrected chi connectivity index (χ3v) is 7.54. The third-order valence-electron chi connectivity index (χ3n) is 4.25. The molecule has 0 saturated carbocycles. The van der Waals surface area contributed by atoms with Crippen molar-refractivity contribution >= 4 is 52.8 Å². The summed E-state index contributed by atoms with van der Waals surface area (Å²) >= 11 is 4.69. The minimum Gasteiger partial charge on any atom is -0.543 e. The number of carboxylic acids is 1. The third kappa shape index (κ3) is 2.71. The van der Waals surface area contributed by atoms with E-state index < -0.39 is 5.97 Å². The molecule has 1 saturated heterocycles. The van der Waals surface area contributed by atoms with Crippen LogP contribution in [0.25, 0.3) is 16.5 Å². The largest absolute Gasteiger partial charge is 1.00 e. The second-order valence-corrected chi connectivity index (χ2v) is 8.70. The average molecular weight is 408 g/mol. The number of thiophene rings is 1. The van der Waals surface area contributed by atoms with Crippen molar-refractivity contribution in [3.8, 4) is 10.4 Å². The van der Waals surface area contributed by atoms with Gasteiger partial charge in [-0.2, -0.15) is 0 Å². The molecular formula is C17H9N2NaO3S3. The van der Waals surface area contributed by atoms with E-state index in [1.54, 1.807) is 29.3 Å². The number of rotatable bonds is 2. The number of amides is 1. The number of aliphatic carboxylic acids is 1. The number of β-lactam (4-membered cyclic amide) rings is 1. The molecule has 5 heterocycles. The van der Waals surface area contributed by atoms with Gasteiger partial charge in [0.2, 0.25) is 0 Å². The van der Waals surface area contributed by atoms with Gasteiger partial charge in [0.25, 0.3) is 5.91 Å². The summed E-state index contributed by atoms with van der Waals surface area (Å²) in [5.41, 5.74) is 2.98. The maximum Gasteiger partial charge on any atom is 1.00 e. The van der Waals surface area contributed by atoms with Crippen molar-refractivity contribution in [1.82, 2.24) is 9.88 Å².